The van der Waals surface area contributed by atoms with E-state index in [1.807, 2.05) is 61.5 Å². The summed E-state index contributed by atoms with van der Waals surface area (Å²) in [5.74, 6) is -1.74. The van der Waals surface area contributed by atoms with E-state index < -0.39 is 34.3 Å². The molecule has 0 radical (unpaired) electrons. The standard InChI is InChI=1S/C29H33BrFN3O4S/c1-3-4-17-32-29(36)27(19-22-11-6-5-7-12-22)33(20-23-13-10-14-24(30)18-23)28(35)21-34(39(2,37)38)26-16-9-8-15-25(26)31/h5-16,18,27H,3-4,17,19-21H2,1-2H3,(H,32,36)/t27-/m1/s1. The van der Waals surface area contributed by atoms with Gasteiger partial charge in [0, 0.05) is 24.0 Å². The lowest BCUT2D eigenvalue weighted by Crippen LogP contribution is -2.53. The Labute approximate surface area is 238 Å². The number of anilines is 1. The van der Waals surface area contributed by atoms with E-state index in [0.717, 1.165) is 45.1 Å². The summed E-state index contributed by atoms with van der Waals surface area (Å²) in [5, 5.41) is 2.93. The van der Waals surface area contributed by atoms with Crippen LogP contribution < -0.4 is 9.62 Å². The Balaban J connectivity index is 2.04. The molecule has 39 heavy (non-hydrogen) atoms. The molecule has 0 bridgehead atoms. The molecule has 3 aromatic rings. The molecule has 0 aromatic heterocycles. The third-order valence-corrected chi connectivity index (χ3v) is 7.76. The molecule has 10 heteroatoms. The lowest BCUT2D eigenvalue weighted by molar-refractivity contribution is -0.140. The van der Waals surface area contributed by atoms with Gasteiger partial charge in [0.1, 0.15) is 18.4 Å². The maximum atomic E-state index is 14.7. The van der Waals surface area contributed by atoms with Crippen LogP contribution in [0.4, 0.5) is 10.1 Å². The fraction of sp³-hybridized carbons (Fsp3) is 0.310. The van der Waals surface area contributed by atoms with Gasteiger partial charge in [-0.3, -0.25) is 13.9 Å². The number of halogens is 2. The minimum Gasteiger partial charge on any atom is -0.354 e. The Kier molecular flexibility index (Phi) is 11.1. The van der Waals surface area contributed by atoms with Crippen LogP contribution in [0.25, 0.3) is 0 Å². The Morgan fingerprint density at radius 3 is 2.28 bits per heavy atom. The first kappa shape index (κ1) is 30.3. The van der Waals surface area contributed by atoms with Gasteiger partial charge in [0.2, 0.25) is 21.8 Å². The van der Waals surface area contributed by atoms with Crippen molar-refractivity contribution in [1.29, 1.82) is 0 Å². The van der Waals surface area contributed by atoms with Crippen molar-refractivity contribution in [2.24, 2.45) is 0 Å². The minimum absolute atomic E-state index is 0.0475. The van der Waals surface area contributed by atoms with Crippen LogP contribution in [0.15, 0.2) is 83.3 Å². The zero-order chi connectivity index (χ0) is 28.4. The van der Waals surface area contributed by atoms with Crippen LogP contribution in [-0.4, -0.2) is 50.5 Å². The molecule has 208 valence electrons. The SMILES string of the molecule is CCCCNC(=O)[C@@H](Cc1ccccc1)N(Cc1cccc(Br)c1)C(=O)CN(c1ccccc1F)S(C)(=O)=O. The molecule has 0 unspecified atom stereocenters. The molecule has 0 saturated heterocycles. The lowest BCUT2D eigenvalue weighted by atomic mass is 10.0. The number of para-hydroxylation sites is 1. The summed E-state index contributed by atoms with van der Waals surface area (Å²) in [6.45, 7) is 1.84. The summed E-state index contributed by atoms with van der Waals surface area (Å²) in [4.78, 5) is 28.9. The third-order valence-electron chi connectivity index (χ3n) is 6.14. The lowest BCUT2D eigenvalue weighted by Gasteiger charge is -2.33. The number of rotatable bonds is 13. The van der Waals surface area contributed by atoms with E-state index in [1.54, 1.807) is 0 Å². The van der Waals surface area contributed by atoms with Gasteiger partial charge in [-0.2, -0.15) is 0 Å². The highest BCUT2D eigenvalue weighted by Crippen LogP contribution is 2.23. The molecule has 0 spiro atoms. The molecule has 0 fully saturated rings. The van der Waals surface area contributed by atoms with Crippen molar-refractivity contribution in [3.8, 4) is 0 Å². The van der Waals surface area contributed by atoms with E-state index in [9.17, 15) is 22.4 Å². The zero-order valence-electron chi connectivity index (χ0n) is 22.0. The average Bonchev–Trinajstić information content (AvgIpc) is 2.90. The minimum atomic E-state index is -4.03. The van der Waals surface area contributed by atoms with Crippen molar-refractivity contribution in [2.45, 2.75) is 38.8 Å². The number of carbonyl (C=O) groups excluding carboxylic acids is 2. The second kappa shape index (κ2) is 14.2. The number of nitrogens with one attached hydrogen (secondary N) is 1. The molecule has 0 saturated carbocycles. The fourth-order valence-corrected chi connectivity index (χ4v) is 5.44. The Morgan fingerprint density at radius 2 is 1.64 bits per heavy atom. The molecular weight excluding hydrogens is 585 g/mol. The first-order valence-electron chi connectivity index (χ1n) is 12.7. The van der Waals surface area contributed by atoms with Crippen LogP contribution in [0, 0.1) is 5.82 Å². The summed E-state index contributed by atoms with van der Waals surface area (Å²) >= 11 is 3.44. The van der Waals surface area contributed by atoms with E-state index in [4.69, 9.17) is 0 Å². The van der Waals surface area contributed by atoms with Crippen molar-refractivity contribution in [3.63, 3.8) is 0 Å². The van der Waals surface area contributed by atoms with E-state index in [1.165, 1.54) is 23.1 Å². The van der Waals surface area contributed by atoms with Crippen molar-refractivity contribution in [1.82, 2.24) is 10.2 Å². The van der Waals surface area contributed by atoms with Gasteiger partial charge < -0.3 is 10.2 Å². The van der Waals surface area contributed by atoms with Crippen molar-refractivity contribution >= 4 is 43.5 Å². The highest BCUT2D eigenvalue weighted by molar-refractivity contribution is 9.10. The van der Waals surface area contributed by atoms with E-state index in [0.29, 0.717) is 6.54 Å². The normalized spacial score (nSPS) is 12.0. The predicted molar refractivity (Wildman–Crippen MR) is 155 cm³/mol. The third kappa shape index (κ3) is 8.90. The molecule has 2 amide bonds. The molecule has 3 aromatic carbocycles. The molecule has 0 aliphatic rings. The highest BCUT2D eigenvalue weighted by Gasteiger charge is 2.33. The number of amides is 2. The second-order valence-corrected chi connectivity index (χ2v) is 12.0. The van der Waals surface area contributed by atoms with Gasteiger partial charge in [-0.05, 0) is 41.8 Å². The highest BCUT2D eigenvalue weighted by atomic mass is 79.9. The summed E-state index contributed by atoms with van der Waals surface area (Å²) in [5.41, 5.74) is 1.35. The van der Waals surface area contributed by atoms with E-state index in [2.05, 4.69) is 21.2 Å². The first-order chi connectivity index (χ1) is 18.6. The van der Waals surface area contributed by atoms with Gasteiger partial charge in [-0.25, -0.2) is 12.8 Å². The van der Waals surface area contributed by atoms with Crippen LogP contribution in [0.5, 0.6) is 0 Å². The van der Waals surface area contributed by atoms with Crippen LogP contribution in [0.2, 0.25) is 0 Å². The second-order valence-electron chi connectivity index (χ2n) is 9.22. The Hall–Kier alpha value is -3.24. The number of unbranched alkanes of at least 4 members (excludes halogenated alkanes) is 1. The molecule has 0 aliphatic heterocycles. The zero-order valence-corrected chi connectivity index (χ0v) is 24.4. The predicted octanol–water partition coefficient (Wildman–Crippen LogP) is 4.91. The molecule has 1 N–H and O–H groups in total. The number of hydrogen-bond donors (Lipinski definition) is 1. The average molecular weight is 619 g/mol. The monoisotopic (exact) mass is 617 g/mol. The van der Waals surface area contributed by atoms with Crippen LogP contribution in [0.3, 0.4) is 0 Å². The topological polar surface area (TPSA) is 86.8 Å². The fourth-order valence-electron chi connectivity index (χ4n) is 4.14. The summed E-state index contributed by atoms with van der Waals surface area (Å²) in [7, 11) is -4.03. The maximum Gasteiger partial charge on any atom is 0.244 e. The summed E-state index contributed by atoms with van der Waals surface area (Å²) < 4.78 is 41.6. The number of nitrogens with zero attached hydrogens (tertiary/aromatic N) is 2. The Bertz CT molecular complexity index is 1370. The molecule has 1 atom stereocenters. The number of carbonyl (C=O) groups is 2. The molecular formula is C29H33BrFN3O4S. The number of benzene rings is 3. The van der Waals surface area contributed by atoms with E-state index >= 15 is 0 Å². The van der Waals surface area contributed by atoms with Crippen molar-refractivity contribution in [3.05, 3.63) is 100 Å². The van der Waals surface area contributed by atoms with Gasteiger partial charge in [-0.1, -0.05) is 83.9 Å². The maximum absolute atomic E-state index is 14.7. The van der Waals surface area contributed by atoms with Gasteiger partial charge in [0.05, 0.1) is 11.9 Å². The smallest absolute Gasteiger partial charge is 0.244 e. The van der Waals surface area contributed by atoms with Crippen LogP contribution in [0.1, 0.15) is 30.9 Å². The summed E-state index contributed by atoms with van der Waals surface area (Å²) in [6, 6.07) is 21.1. The quantitative estimate of drug-likeness (QED) is 0.276. The molecule has 7 nitrogen and oxygen atoms in total. The number of sulfonamides is 1. The van der Waals surface area contributed by atoms with Crippen molar-refractivity contribution in [2.75, 3.05) is 23.7 Å². The molecule has 3 rings (SSSR count). The summed E-state index contributed by atoms with van der Waals surface area (Å²) in [6.07, 6.45) is 2.80. The van der Waals surface area contributed by atoms with Crippen LogP contribution in [-0.2, 0) is 32.6 Å². The van der Waals surface area contributed by atoms with Gasteiger partial charge >= 0.3 is 0 Å². The van der Waals surface area contributed by atoms with Crippen molar-refractivity contribution < 1.29 is 22.4 Å². The van der Waals surface area contributed by atoms with E-state index in [-0.39, 0.29) is 24.6 Å². The van der Waals surface area contributed by atoms with Gasteiger partial charge in [0.15, 0.2) is 0 Å². The largest absolute Gasteiger partial charge is 0.354 e. The van der Waals surface area contributed by atoms with Gasteiger partial charge in [0.25, 0.3) is 0 Å². The molecule has 0 heterocycles. The first-order valence-corrected chi connectivity index (χ1v) is 15.3. The Morgan fingerprint density at radius 1 is 0.974 bits per heavy atom. The van der Waals surface area contributed by atoms with Gasteiger partial charge in [-0.15, -0.1) is 0 Å². The molecule has 0 aliphatic carbocycles. The number of hydrogen-bond acceptors (Lipinski definition) is 4. The van der Waals surface area contributed by atoms with Crippen LogP contribution >= 0.6 is 15.9 Å².